The summed E-state index contributed by atoms with van der Waals surface area (Å²) >= 11 is 0. The summed E-state index contributed by atoms with van der Waals surface area (Å²) in [5.74, 6) is -3.38. The van der Waals surface area contributed by atoms with Gasteiger partial charge in [-0.3, -0.25) is 9.69 Å². The smallest absolute Gasteiger partial charge is 0.442 e. The number of likely N-dealkylation sites (tertiary alicyclic amines) is 1. The summed E-state index contributed by atoms with van der Waals surface area (Å²) < 4.78 is 43.0. The number of fused-ring (bicyclic) bond motifs is 1. The number of nitrogen functional groups attached to an aromatic ring is 1. The molecule has 1 aliphatic heterocycles. The van der Waals surface area contributed by atoms with Gasteiger partial charge in [-0.1, -0.05) is 12.1 Å². The molecule has 3 amide bonds. The largest absolute Gasteiger partial charge is 0.490 e. The first-order chi connectivity index (χ1) is 13.0. The van der Waals surface area contributed by atoms with Crippen molar-refractivity contribution in [2.24, 2.45) is 5.73 Å². The molecule has 8 nitrogen and oxygen atoms in total. The van der Waals surface area contributed by atoms with E-state index in [-0.39, 0.29) is 25.2 Å². The Morgan fingerprint density at radius 1 is 1.25 bits per heavy atom. The van der Waals surface area contributed by atoms with Gasteiger partial charge in [0.05, 0.1) is 5.52 Å². The van der Waals surface area contributed by atoms with Gasteiger partial charge in [0.25, 0.3) is 5.91 Å². The van der Waals surface area contributed by atoms with Gasteiger partial charge in [0.15, 0.2) is 5.60 Å². The topological polar surface area (TPSA) is 129 Å². The third kappa shape index (κ3) is 3.42. The standard InChI is InChI=1S/C17H15F3N4O4/c18-17(19,20)14(26)28-16(6-7-24(13(16)25)15(22)27)8-9-2-1-3-11-10(9)4-5-12(21)23-11/h1-5H,6-8H2,(H2,21,23)(H2,22,27)/t16-/m1/s1. The van der Waals surface area contributed by atoms with Gasteiger partial charge in [0.1, 0.15) is 5.82 Å². The summed E-state index contributed by atoms with van der Waals surface area (Å²) in [7, 11) is 0. The number of nitrogens with two attached hydrogens (primary N) is 2. The van der Waals surface area contributed by atoms with Crippen molar-refractivity contribution in [3.05, 3.63) is 35.9 Å². The van der Waals surface area contributed by atoms with E-state index in [1.807, 2.05) is 0 Å². The van der Waals surface area contributed by atoms with Crippen LogP contribution in [0, 0.1) is 0 Å². The fraction of sp³-hybridized carbons (Fsp3) is 0.294. The molecule has 2 aromatic rings. The maximum absolute atomic E-state index is 12.8. The van der Waals surface area contributed by atoms with Crippen LogP contribution in [0.2, 0.25) is 0 Å². The number of pyridine rings is 1. The number of ether oxygens (including phenoxy) is 1. The Bertz CT molecular complexity index is 979. The molecule has 1 fully saturated rings. The molecule has 0 unspecified atom stereocenters. The van der Waals surface area contributed by atoms with Crippen molar-refractivity contribution in [3.8, 4) is 0 Å². The number of carbonyl (C=O) groups excluding carboxylic acids is 3. The number of hydrogen-bond acceptors (Lipinski definition) is 6. The number of halogens is 3. The van der Waals surface area contributed by atoms with E-state index in [2.05, 4.69) is 9.72 Å². The zero-order valence-electron chi connectivity index (χ0n) is 14.3. The number of aromatic nitrogens is 1. The fourth-order valence-corrected chi connectivity index (χ4v) is 3.18. The van der Waals surface area contributed by atoms with Crippen LogP contribution in [0.5, 0.6) is 0 Å². The van der Waals surface area contributed by atoms with Crippen LogP contribution >= 0.6 is 0 Å². The number of hydrogen-bond donors (Lipinski definition) is 2. The first-order valence-electron chi connectivity index (χ1n) is 8.09. The second-order valence-electron chi connectivity index (χ2n) is 6.32. The number of anilines is 1. The zero-order valence-corrected chi connectivity index (χ0v) is 14.3. The number of nitrogens with zero attached hydrogens (tertiary/aromatic N) is 2. The molecule has 1 saturated heterocycles. The third-order valence-electron chi connectivity index (χ3n) is 4.48. The van der Waals surface area contributed by atoms with Crippen LogP contribution in [0.15, 0.2) is 30.3 Å². The Morgan fingerprint density at radius 2 is 1.96 bits per heavy atom. The second-order valence-corrected chi connectivity index (χ2v) is 6.32. The monoisotopic (exact) mass is 396 g/mol. The number of esters is 1. The summed E-state index contributed by atoms with van der Waals surface area (Å²) in [4.78, 5) is 40.3. The van der Waals surface area contributed by atoms with Crippen LogP contribution in [0.25, 0.3) is 10.9 Å². The van der Waals surface area contributed by atoms with Crippen LogP contribution in [0.3, 0.4) is 0 Å². The molecule has 11 heteroatoms. The summed E-state index contributed by atoms with van der Waals surface area (Å²) in [5, 5.41) is 0.518. The highest BCUT2D eigenvalue weighted by molar-refractivity contribution is 6.01. The van der Waals surface area contributed by atoms with E-state index in [0.29, 0.717) is 21.4 Å². The predicted octanol–water partition coefficient (Wildman–Crippen LogP) is 1.51. The zero-order chi connectivity index (χ0) is 20.7. The third-order valence-corrected chi connectivity index (χ3v) is 4.48. The van der Waals surface area contributed by atoms with Gasteiger partial charge in [-0.25, -0.2) is 14.6 Å². The number of primary amides is 1. The SMILES string of the molecule is NC(=O)N1CC[C@](Cc2cccc3nc(N)ccc23)(OC(=O)C(F)(F)F)C1=O. The molecule has 1 aromatic heterocycles. The number of alkyl halides is 3. The highest BCUT2D eigenvalue weighted by Gasteiger charge is 2.55. The highest BCUT2D eigenvalue weighted by Crippen LogP contribution is 2.35. The van der Waals surface area contributed by atoms with Crippen molar-refractivity contribution in [1.29, 1.82) is 0 Å². The molecular formula is C17H15F3N4O4. The molecule has 4 N–H and O–H groups in total. The van der Waals surface area contributed by atoms with Crippen molar-refractivity contribution in [3.63, 3.8) is 0 Å². The lowest BCUT2D eigenvalue weighted by Crippen LogP contribution is -2.50. The number of benzene rings is 1. The molecule has 148 valence electrons. The molecule has 28 heavy (non-hydrogen) atoms. The Labute approximate surface area is 156 Å². The van der Waals surface area contributed by atoms with Crippen molar-refractivity contribution < 1.29 is 32.3 Å². The van der Waals surface area contributed by atoms with Gasteiger partial charge in [-0.2, -0.15) is 13.2 Å². The molecule has 0 radical (unpaired) electrons. The molecule has 0 spiro atoms. The Morgan fingerprint density at radius 3 is 2.57 bits per heavy atom. The minimum atomic E-state index is -5.30. The van der Waals surface area contributed by atoms with E-state index in [1.165, 1.54) is 6.07 Å². The Hall–Kier alpha value is -3.37. The fourth-order valence-electron chi connectivity index (χ4n) is 3.18. The molecule has 0 bridgehead atoms. The number of urea groups is 1. The molecule has 1 aliphatic rings. The molecule has 1 atom stereocenters. The second kappa shape index (κ2) is 6.66. The van der Waals surface area contributed by atoms with E-state index in [9.17, 15) is 27.6 Å². The van der Waals surface area contributed by atoms with Crippen LogP contribution < -0.4 is 11.5 Å². The quantitative estimate of drug-likeness (QED) is 0.757. The molecule has 0 aliphatic carbocycles. The van der Waals surface area contributed by atoms with Gasteiger partial charge in [0.2, 0.25) is 0 Å². The Kier molecular flexibility index (Phi) is 4.61. The van der Waals surface area contributed by atoms with Gasteiger partial charge in [-0.15, -0.1) is 0 Å². The summed E-state index contributed by atoms with van der Waals surface area (Å²) in [6, 6.07) is 6.72. The minimum Gasteiger partial charge on any atom is -0.442 e. The van der Waals surface area contributed by atoms with Crippen LogP contribution in [-0.4, -0.2) is 46.1 Å². The van der Waals surface area contributed by atoms with Crippen molar-refractivity contribution in [2.45, 2.75) is 24.6 Å². The summed E-state index contributed by atoms with van der Waals surface area (Å²) in [5.41, 5.74) is 9.38. The van der Waals surface area contributed by atoms with Gasteiger partial charge in [-0.05, 0) is 23.8 Å². The van der Waals surface area contributed by atoms with E-state index in [1.54, 1.807) is 24.3 Å². The highest BCUT2D eigenvalue weighted by atomic mass is 19.4. The number of carbonyl (C=O) groups is 3. The molecule has 2 heterocycles. The number of amides is 3. The van der Waals surface area contributed by atoms with E-state index < -0.39 is 29.7 Å². The Balaban J connectivity index is 2.05. The average molecular weight is 396 g/mol. The molecule has 3 rings (SSSR count). The van der Waals surface area contributed by atoms with Crippen molar-refractivity contribution in [1.82, 2.24) is 9.88 Å². The molecular weight excluding hydrogens is 381 g/mol. The maximum Gasteiger partial charge on any atom is 0.490 e. The lowest BCUT2D eigenvalue weighted by atomic mass is 9.90. The van der Waals surface area contributed by atoms with Crippen LogP contribution in [0.1, 0.15) is 12.0 Å². The first-order valence-corrected chi connectivity index (χ1v) is 8.09. The van der Waals surface area contributed by atoms with E-state index in [0.717, 1.165) is 0 Å². The van der Waals surface area contributed by atoms with Crippen molar-refractivity contribution >= 4 is 34.6 Å². The van der Waals surface area contributed by atoms with E-state index in [4.69, 9.17) is 11.5 Å². The lowest BCUT2D eigenvalue weighted by Gasteiger charge is -2.28. The predicted molar refractivity (Wildman–Crippen MR) is 90.7 cm³/mol. The normalized spacial score (nSPS) is 19.8. The van der Waals surface area contributed by atoms with Crippen LogP contribution in [-0.2, 0) is 20.7 Å². The van der Waals surface area contributed by atoms with Crippen molar-refractivity contribution in [2.75, 3.05) is 12.3 Å². The average Bonchev–Trinajstić information content (AvgIpc) is 2.90. The number of imide groups is 1. The van der Waals surface area contributed by atoms with Crippen LogP contribution in [0.4, 0.5) is 23.8 Å². The maximum atomic E-state index is 12.8. The van der Waals surface area contributed by atoms with Gasteiger partial charge in [0, 0.05) is 24.8 Å². The summed E-state index contributed by atoms with van der Waals surface area (Å²) in [6.07, 6.45) is -6.02. The minimum absolute atomic E-state index is 0.236. The first kappa shape index (κ1) is 19.4. The number of rotatable bonds is 3. The lowest BCUT2D eigenvalue weighted by molar-refractivity contribution is -0.213. The van der Waals surface area contributed by atoms with Gasteiger partial charge >= 0.3 is 18.2 Å². The summed E-state index contributed by atoms with van der Waals surface area (Å²) in [6.45, 7) is -0.269. The molecule has 1 aromatic carbocycles. The molecule has 0 saturated carbocycles. The van der Waals surface area contributed by atoms with E-state index >= 15 is 0 Å². The van der Waals surface area contributed by atoms with Gasteiger partial charge < -0.3 is 16.2 Å².